The molecule has 0 bridgehead atoms. The monoisotopic (exact) mass is 363 g/mol. The zero-order valence-electron chi connectivity index (χ0n) is 12.9. The molecule has 0 heterocycles. The second-order valence-electron chi connectivity index (χ2n) is 5.87. The third-order valence-corrected chi connectivity index (χ3v) is 6.04. The van der Waals surface area contributed by atoms with Crippen molar-refractivity contribution < 1.29 is 13.3 Å². The number of hydrogen-bond donors (Lipinski definition) is 2. The minimum atomic E-state index is -3.85. The molecule has 1 aliphatic carbocycles. The lowest BCUT2D eigenvalue weighted by molar-refractivity contribution is -0.385. The minimum Gasteiger partial charge on any atom is -0.329 e. The highest BCUT2D eigenvalue weighted by atomic mass is 35.5. The largest absolute Gasteiger partial charge is 0.329 e. The quantitative estimate of drug-likeness (QED) is 0.614. The van der Waals surface area contributed by atoms with Crippen LogP contribution in [0.1, 0.15) is 32.6 Å². The van der Waals surface area contributed by atoms with Crippen LogP contribution in [-0.4, -0.2) is 25.4 Å². The van der Waals surface area contributed by atoms with Crippen molar-refractivity contribution in [2.24, 2.45) is 11.7 Å². The molecular weight excluding hydrogens is 342 g/mol. The fourth-order valence-electron chi connectivity index (χ4n) is 3.00. The van der Waals surface area contributed by atoms with Crippen molar-refractivity contribution in [2.45, 2.75) is 43.0 Å². The fourth-order valence-corrected chi connectivity index (χ4v) is 4.57. The predicted octanol–water partition coefficient (Wildman–Crippen LogP) is 2.20. The molecule has 0 aliphatic heterocycles. The number of hydrogen-bond acceptors (Lipinski definition) is 5. The number of nitrogens with zero attached hydrogens (tertiary/aromatic N) is 1. The molecule has 1 aliphatic rings. The fraction of sp³-hybridized carbons (Fsp3) is 0.571. The molecule has 1 saturated carbocycles. The number of nitrogens with one attached hydrogen (secondary N) is 1. The van der Waals surface area contributed by atoms with Gasteiger partial charge in [0.15, 0.2) is 0 Å². The van der Waals surface area contributed by atoms with E-state index in [2.05, 4.69) is 4.72 Å². The van der Waals surface area contributed by atoms with E-state index in [4.69, 9.17) is 5.73 Å². The number of benzene rings is 1. The molecule has 0 amide bonds. The Hall–Kier alpha value is -1.22. The lowest BCUT2D eigenvalue weighted by atomic mass is 9.74. The smallest absolute Gasteiger partial charge is 0.270 e. The van der Waals surface area contributed by atoms with Gasteiger partial charge < -0.3 is 5.73 Å². The first kappa shape index (κ1) is 19.8. The Morgan fingerprint density at radius 1 is 1.43 bits per heavy atom. The van der Waals surface area contributed by atoms with E-state index < -0.39 is 20.5 Å². The second kappa shape index (κ2) is 7.57. The summed E-state index contributed by atoms with van der Waals surface area (Å²) in [6.07, 6.45) is 3.56. The number of halogens is 1. The Kier molecular flexibility index (Phi) is 6.52. The van der Waals surface area contributed by atoms with Crippen LogP contribution in [0.25, 0.3) is 0 Å². The third kappa shape index (κ3) is 4.20. The number of nitrogens with two attached hydrogens (primary N) is 1. The van der Waals surface area contributed by atoms with Crippen molar-refractivity contribution in [1.29, 1.82) is 0 Å². The summed E-state index contributed by atoms with van der Waals surface area (Å²) in [5.41, 5.74) is 4.93. The maximum absolute atomic E-state index is 12.6. The van der Waals surface area contributed by atoms with Gasteiger partial charge in [-0.2, -0.15) is 0 Å². The second-order valence-corrected chi connectivity index (χ2v) is 7.55. The molecule has 2 atom stereocenters. The van der Waals surface area contributed by atoms with E-state index in [9.17, 15) is 18.5 Å². The maximum Gasteiger partial charge on any atom is 0.270 e. The summed E-state index contributed by atoms with van der Waals surface area (Å²) < 4.78 is 27.9. The normalized spacial score (nSPS) is 24.7. The third-order valence-electron chi connectivity index (χ3n) is 4.49. The van der Waals surface area contributed by atoms with Crippen molar-refractivity contribution >= 4 is 28.1 Å². The van der Waals surface area contributed by atoms with Crippen LogP contribution in [-0.2, 0) is 10.0 Å². The van der Waals surface area contributed by atoms with Crippen LogP contribution < -0.4 is 10.5 Å². The van der Waals surface area contributed by atoms with Crippen LogP contribution in [0, 0.1) is 16.0 Å². The van der Waals surface area contributed by atoms with Gasteiger partial charge in [0.2, 0.25) is 10.0 Å². The molecule has 1 aromatic carbocycles. The van der Waals surface area contributed by atoms with Gasteiger partial charge in [-0.05, 0) is 24.8 Å². The molecule has 0 spiro atoms. The summed E-state index contributed by atoms with van der Waals surface area (Å²) >= 11 is 0. The number of rotatable bonds is 5. The molecule has 1 fully saturated rings. The van der Waals surface area contributed by atoms with E-state index in [1.54, 1.807) is 0 Å². The van der Waals surface area contributed by atoms with Gasteiger partial charge in [0.1, 0.15) is 0 Å². The van der Waals surface area contributed by atoms with Crippen LogP contribution >= 0.6 is 12.4 Å². The summed E-state index contributed by atoms with van der Waals surface area (Å²) in [7, 11) is -3.85. The number of sulfonamides is 1. The highest BCUT2D eigenvalue weighted by molar-refractivity contribution is 7.89. The van der Waals surface area contributed by atoms with Crippen LogP contribution in [0.15, 0.2) is 29.2 Å². The van der Waals surface area contributed by atoms with E-state index in [1.807, 2.05) is 6.92 Å². The van der Waals surface area contributed by atoms with Gasteiger partial charge in [-0.1, -0.05) is 25.8 Å². The molecule has 2 rings (SSSR count). The number of non-ortho nitro benzene ring substituents is 1. The summed E-state index contributed by atoms with van der Waals surface area (Å²) in [5, 5.41) is 10.8. The van der Waals surface area contributed by atoms with Gasteiger partial charge in [-0.25, -0.2) is 13.1 Å². The molecule has 2 unspecified atom stereocenters. The highest BCUT2D eigenvalue weighted by Crippen LogP contribution is 2.34. The predicted molar refractivity (Wildman–Crippen MR) is 90.1 cm³/mol. The topological polar surface area (TPSA) is 115 Å². The van der Waals surface area contributed by atoms with Crippen LogP contribution in [0.4, 0.5) is 5.69 Å². The summed E-state index contributed by atoms with van der Waals surface area (Å²) in [4.78, 5) is 10.1. The number of nitro groups is 1. The van der Waals surface area contributed by atoms with Gasteiger partial charge >= 0.3 is 0 Å². The molecule has 23 heavy (non-hydrogen) atoms. The molecule has 3 N–H and O–H groups in total. The van der Waals surface area contributed by atoms with Crippen LogP contribution in [0.5, 0.6) is 0 Å². The van der Waals surface area contributed by atoms with Gasteiger partial charge in [0, 0.05) is 24.2 Å². The Morgan fingerprint density at radius 2 is 2.13 bits per heavy atom. The van der Waals surface area contributed by atoms with Gasteiger partial charge in [-0.3, -0.25) is 10.1 Å². The Bertz CT molecular complexity index is 668. The lowest BCUT2D eigenvalue weighted by Gasteiger charge is -2.42. The average molecular weight is 364 g/mol. The van der Waals surface area contributed by atoms with Crippen molar-refractivity contribution in [2.75, 3.05) is 6.54 Å². The molecule has 9 heteroatoms. The number of nitro benzene ring substituents is 1. The first-order chi connectivity index (χ1) is 10.3. The summed E-state index contributed by atoms with van der Waals surface area (Å²) in [6.45, 7) is 2.20. The molecule has 1 aromatic rings. The van der Waals surface area contributed by atoms with Crippen LogP contribution in [0.2, 0.25) is 0 Å². The molecular formula is C14H22ClN3O4S. The van der Waals surface area contributed by atoms with Crippen molar-refractivity contribution in [3.63, 3.8) is 0 Å². The Labute approximate surface area is 142 Å². The molecule has 0 saturated heterocycles. The Balaban J connectivity index is 0.00000264. The standard InChI is InChI=1S/C14H21N3O4S.ClH/c1-11-5-2-3-8-14(11,10-15)16-22(20,21)13-7-4-6-12(9-13)17(18)19;/h4,6-7,9,11,16H,2-3,5,8,10,15H2,1H3;1H. The zero-order chi connectivity index (χ0) is 16.4. The molecule has 130 valence electrons. The molecule has 0 radical (unpaired) electrons. The molecule has 7 nitrogen and oxygen atoms in total. The van der Waals surface area contributed by atoms with Gasteiger partial charge in [0.05, 0.1) is 9.82 Å². The lowest BCUT2D eigenvalue weighted by Crippen LogP contribution is -2.58. The van der Waals surface area contributed by atoms with Crippen LogP contribution in [0.3, 0.4) is 0 Å². The van der Waals surface area contributed by atoms with Crippen molar-refractivity contribution in [3.05, 3.63) is 34.4 Å². The summed E-state index contributed by atoms with van der Waals surface area (Å²) in [5.74, 6) is 0.125. The van der Waals surface area contributed by atoms with Gasteiger partial charge in [0.25, 0.3) is 5.69 Å². The Morgan fingerprint density at radius 3 is 2.70 bits per heavy atom. The first-order valence-electron chi connectivity index (χ1n) is 7.29. The minimum absolute atomic E-state index is 0. The zero-order valence-corrected chi connectivity index (χ0v) is 14.5. The van der Waals surface area contributed by atoms with E-state index in [0.29, 0.717) is 6.42 Å². The van der Waals surface area contributed by atoms with E-state index >= 15 is 0 Å². The van der Waals surface area contributed by atoms with E-state index in [-0.39, 0.29) is 35.5 Å². The van der Waals surface area contributed by atoms with Crippen molar-refractivity contribution in [3.8, 4) is 0 Å². The highest BCUT2D eigenvalue weighted by Gasteiger charge is 2.40. The average Bonchev–Trinajstić information content (AvgIpc) is 2.49. The van der Waals surface area contributed by atoms with E-state index in [0.717, 1.165) is 25.3 Å². The van der Waals surface area contributed by atoms with E-state index in [1.165, 1.54) is 18.2 Å². The SMILES string of the molecule is CC1CCCCC1(CN)NS(=O)(=O)c1cccc([N+](=O)[O-])c1.Cl. The first-order valence-corrected chi connectivity index (χ1v) is 8.77. The van der Waals surface area contributed by atoms with Crippen molar-refractivity contribution in [1.82, 2.24) is 4.72 Å². The maximum atomic E-state index is 12.6. The molecule has 0 aromatic heterocycles. The summed E-state index contributed by atoms with van der Waals surface area (Å²) in [6, 6.07) is 5.06. The van der Waals surface area contributed by atoms with Gasteiger partial charge in [-0.15, -0.1) is 12.4 Å².